The molecule has 4 rings (SSSR count). The average Bonchev–Trinajstić information content (AvgIpc) is 3.46. The van der Waals surface area contributed by atoms with Gasteiger partial charge in [-0.2, -0.15) is 0 Å². The highest BCUT2D eigenvalue weighted by Crippen LogP contribution is 2.34. The molecule has 2 aromatic rings. The van der Waals surface area contributed by atoms with Crippen molar-refractivity contribution in [3.8, 4) is 0 Å². The molecular weight excluding hydrogens is 402 g/mol. The maximum atomic E-state index is 13.1. The Morgan fingerprint density at radius 2 is 1.93 bits per heavy atom. The number of aromatic nitrogens is 2. The quantitative estimate of drug-likeness (QED) is 0.729. The van der Waals surface area contributed by atoms with Crippen LogP contribution in [0.25, 0.3) is 0 Å². The second-order valence-electron chi connectivity index (χ2n) is 8.46. The van der Waals surface area contributed by atoms with Crippen molar-refractivity contribution in [1.82, 2.24) is 9.55 Å². The Morgan fingerprint density at radius 1 is 1.20 bits per heavy atom. The molecule has 1 N–H and O–H groups in total. The van der Waals surface area contributed by atoms with Gasteiger partial charge in [0, 0.05) is 18.5 Å². The standard InChI is InChI=1S/C22H27N3O4S/c1-15-6-9-20(23-14-15)24-22(27)19(12-16-4-2-3-5-16)25-11-10-18(13-21(25)26)30(28,29)17-7-8-17/h6,9-11,13-14,16-17,19H,2-5,7-8,12H2,1H3,(H,23,24,27)/t19-/m0/s1. The first-order valence-corrected chi connectivity index (χ1v) is 12.1. The van der Waals surface area contributed by atoms with Crippen molar-refractivity contribution in [3.63, 3.8) is 0 Å². The molecule has 7 nitrogen and oxygen atoms in total. The highest BCUT2D eigenvalue weighted by atomic mass is 32.2. The summed E-state index contributed by atoms with van der Waals surface area (Å²) in [5.41, 5.74) is 0.519. The Morgan fingerprint density at radius 3 is 2.53 bits per heavy atom. The van der Waals surface area contributed by atoms with Crippen LogP contribution >= 0.6 is 0 Å². The number of aryl methyl sites for hydroxylation is 1. The van der Waals surface area contributed by atoms with Gasteiger partial charge < -0.3 is 9.88 Å². The molecule has 2 fully saturated rings. The summed E-state index contributed by atoms with van der Waals surface area (Å²) in [5, 5.41) is 2.44. The van der Waals surface area contributed by atoms with Gasteiger partial charge in [0.2, 0.25) is 5.91 Å². The van der Waals surface area contributed by atoms with Gasteiger partial charge in [-0.1, -0.05) is 31.7 Å². The van der Waals surface area contributed by atoms with Gasteiger partial charge in [0.1, 0.15) is 11.9 Å². The van der Waals surface area contributed by atoms with Crippen LogP contribution in [0.4, 0.5) is 5.82 Å². The molecule has 2 heterocycles. The minimum atomic E-state index is -3.45. The molecule has 0 bridgehead atoms. The van der Waals surface area contributed by atoms with Gasteiger partial charge in [-0.25, -0.2) is 13.4 Å². The Balaban J connectivity index is 1.62. The number of hydrogen-bond donors (Lipinski definition) is 1. The Kier molecular flexibility index (Phi) is 5.77. The van der Waals surface area contributed by atoms with E-state index >= 15 is 0 Å². The fourth-order valence-electron chi connectivity index (χ4n) is 4.14. The van der Waals surface area contributed by atoms with E-state index in [1.165, 1.54) is 16.8 Å². The molecule has 160 valence electrons. The fraction of sp³-hybridized carbons (Fsp3) is 0.500. The van der Waals surface area contributed by atoms with Gasteiger partial charge in [0.15, 0.2) is 9.84 Å². The molecule has 30 heavy (non-hydrogen) atoms. The maximum Gasteiger partial charge on any atom is 0.252 e. The van der Waals surface area contributed by atoms with Crippen molar-refractivity contribution < 1.29 is 13.2 Å². The zero-order valence-corrected chi connectivity index (χ0v) is 17.9. The highest BCUT2D eigenvalue weighted by Gasteiger charge is 2.37. The summed E-state index contributed by atoms with van der Waals surface area (Å²) in [5.74, 6) is 0.495. The smallest absolute Gasteiger partial charge is 0.252 e. The molecule has 1 atom stereocenters. The summed E-state index contributed by atoms with van der Waals surface area (Å²) in [6.45, 7) is 1.91. The summed E-state index contributed by atoms with van der Waals surface area (Å²) in [6.07, 6.45) is 9.29. The lowest BCUT2D eigenvalue weighted by Gasteiger charge is -2.22. The molecule has 0 radical (unpaired) electrons. The minimum Gasteiger partial charge on any atom is -0.309 e. The van der Waals surface area contributed by atoms with Gasteiger partial charge in [0.05, 0.1) is 10.1 Å². The summed E-state index contributed by atoms with van der Waals surface area (Å²) in [6, 6.07) is 5.49. The minimum absolute atomic E-state index is 0.0477. The van der Waals surface area contributed by atoms with Crippen LogP contribution in [0.3, 0.4) is 0 Å². The molecule has 0 aromatic carbocycles. The fourth-order valence-corrected chi connectivity index (χ4v) is 5.79. The average molecular weight is 430 g/mol. The van der Waals surface area contributed by atoms with Crippen LogP contribution in [0.2, 0.25) is 0 Å². The normalized spacial score (nSPS) is 18.3. The topological polar surface area (TPSA) is 98.1 Å². The van der Waals surface area contributed by atoms with Crippen LogP contribution in [0, 0.1) is 12.8 Å². The molecule has 1 amide bonds. The van der Waals surface area contributed by atoms with Gasteiger partial charge in [-0.3, -0.25) is 9.59 Å². The summed E-state index contributed by atoms with van der Waals surface area (Å²) >= 11 is 0. The molecule has 2 aliphatic rings. The third kappa shape index (κ3) is 4.48. The molecule has 0 spiro atoms. The third-order valence-corrected chi connectivity index (χ3v) is 8.30. The largest absolute Gasteiger partial charge is 0.309 e. The number of nitrogens with one attached hydrogen (secondary N) is 1. The Hall–Kier alpha value is -2.48. The van der Waals surface area contributed by atoms with E-state index in [4.69, 9.17) is 0 Å². The second kappa shape index (κ2) is 8.34. The number of nitrogens with zero attached hydrogens (tertiary/aromatic N) is 2. The summed E-state index contributed by atoms with van der Waals surface area (Å²) in [4.78, 5) is 30.2. The van der Waals surface area contributed by atoms with E-state index in [0.29, 0.717) is 31.0 Å². The predicted molar refractivity (Wildman–Crippen MR) is 114 cm³/mol. The SMILES string of the molecule is Cc1ccc(NC(=O)[C@H](CC2CCCC2)n2ccc(S(=O)(=O)C3CC3)cc2=O)nc1. The van der Waals surface area contributed by atoms with Crippen molar-refractivity contribution in [3.05, 3.63) is 52.6 Å². The predicted octanol–water partition coefficient (Wildman–Crippen LogP) is 3.25. The van der Waals surface area contributed by atoms with E-state index in [1.54, 1.807) is 12.3 Å². The first-order valence-electron chi connectivity index (χ1n) is 10.5. The number of sulfone groups is 1. The van der Waals surface area contributed by atoms with E-state index in [9.17, 15) is 18.0 Å². The van der Waals surface area contributed by atoms with Gasteiger partial charge in [-0.15, -0.1) is 0 Å². The Labute approximate surface area is 176 Å². The molecule has 2 saturated carbocycles. The molecule has 2 aliphatic carbocycles. The van der Waals surface area contributed by atoms with E-state index in [0.717, 1.165) is 37.3 Å². The van der Waals surface area contributed by atoms with E-state index in [1.807, 2.05) is 13.0 Å². The van der Waals surface area contributed by atoms with E-state index < -0.39 is 21.4 Å². The lowest BCUT2D eigenvalue weighted by molar-refractivity contribution is -0.119. The summed E-state index contributed by atoms with van der Waals surface area (Å²) in [7, 11) is -3.45. The number of rotatable bonds is 7. The molecule has 0 aliphatic heterocycles. The van der Waals surface area contributed by atoms with Crippen molar-refractivity contribution >= 4 is 21.6 Å². The molecule has 8 heteroatoms. The zero-order valence-electron chi connectivity index (χ0n) is 17.1. The molecule has 0 unspecified atom stereocenters. The first kappa shape index (κ1) is 20.8. The number of hydrogen-bond acceptors (Lipinski definition) is 5. The molecular formula is C22H27N3O4S. The van der Waals surface area contributed by atoms with Crippen molar-refractivity contribution in [2.24, 2.45) is 5.92 Å². The van der Waals surface area contributed by atoms with Crippen LogP contribution < -0.4 is 10.9 Å². The van der Waals surface area contributed by atoms with Crippen LogP contribution in [0.5, 0.6) is 0 Å². The van der Waals surface area contributed by atoms with Crippen molar-refractivity contribution in [1.29, 1.82) is 0 Å². The first-order chi connectivity index (χ1) is 14.3. The van der Waals surface area contributed by atoms with Crippen molar-refractivity contribution in [2.75, 3.05) is 5.32 Å². The molecule has 0 saturated heterocycles. The van der Waals surface area contributed by atoms with E-state index in [-0.39, 0.29) is 16.1 Å². The van der Waals surface area contributed by atoms with Crippen LogP contribution in [-0.4, -0.2) is 29.1 Å². The maximum absolute atomic E-state index is 13.1. The van der Waals surface area contributed by atoms with Crippen molar-refractivity contribution in [2.45, 2.75) is 68.1 Å². The summed E-state index contributed by atoms with van der Waals surface area (Å²) < 4.78 is 26.3. The van der Waals surface area contributed by atoms with Gasteiger partial charge in [-0.05, 0) is 49.8 Å². The number of carbonyl (C=O) groups excluding carboxylic acids is 1. The number of pyridine rings is 2. The van der Waals surface area contributed by atoms with Crippen LogP contribution in [0.15, 0.2) is 46.3 Å². The highest BCUT2D eigenvalue weighted by molar-refractivity contribution is 7.92. The Bertz CT molecular complexity index is 1080. The number of anilines is 1. The lowest BCUT2D eigenvalue weighted by atomic mass is 9.97. The zero-order chi connectivity index (χ0) is 21.3. The lowest BCUT2D eigenvalue weighted by Crippen LogP contribution is -2.34. The molecule has 2 aromatic heterocycles. The van der Waals surface area contributed by atoms with Gasteiger partial charge >= 0.3 is 0 Å². The van der Waals surface area contributed by atoms with Crippen LogP contribution in [-0.2, 0) is 14.6 Å². The number of carbonyl (C=O) groups is 1. The monoisotopic (exact) mass is 429 g/mol. The second-order valence-corrected chi connectivity index (χ2v) is 10.7. The van der Waals surface area contributed by atoms with Gasteiger partial charge in [0.25, 0.3) is 5.56 Å². The third-order valence-electron chi connectivity index (χ3n) is 6.04. The van der Waals surface area contributed by atoms with E-state index in [2.05, 4.69) is 10.3 Å². The number of amides is 1. The van der Waals surface area contributed by atoms with Crippen LogP contribution in [0.1, 0.15) is 56.6 Å².